The molecule has 3 heteroatoms. The maximum absolute atomic E-state index is 8.90. The third kappa shape index (κ3) is 5.24. The summed E-state index contributed by atoms with van der Waals surface area (Å²) < 4.78 is 0.865. The van der Waals surface area contributed by atoms with Gasteiger partial charge in [-0.25, -0.2) is 0 Å². The third-order valence-electron chi connectivity index (χ3n) is 2.28. The van der Waals surface area contributed by atoms with Crippen LogP contribution in [-0.4, -0.2) is 42.4 Å². The lowest BCUT2D eigenvalue weighted by Gasteiger charge is -2.35. The fourth-order valence-corrected chi connectivity index (χ4v) is 1.43. The van der Waals surface area contributed by atoms with E-state index in [0.29, 0.717) is 0 Å². The molecule has 13 heavy (non-hydrogen) atoms. The van der Waals surface area contributed by atoms with Crippen molar-refractivity contribution in [1.29, 1.82) is 0 Å². The second kappa shape index (κ2) is 8.48. The summed E-state index contributed by atoms with van der Waals surface area (Å²) in [6, 6.07) is 0. The molecule has 0 radical (unpaired) electrons. The van der Waals surface area contributed by atoms with Crippen molar-refractivity contribution in [2.75, 3.05) is 32.8 Å². The average molecular weight is 250 g/mol. The first-order valence-electron chi connectivity index (χ1n) is 4.42. The van der Waals surface area contributed by atoms with Crippen LogP contribution in [0.3, 0.4) is 0 Å². The van der Waals surface area contributed by atoms with Crippen molar-refractivity contribution in [1.82, 2.24) is 0 Å². The van der Waals surface area contributed by atoms with E-state index in [4.69, 9.17) is 5.11 Å². The van der Waals surface area contributed by atoms with E-state index in [-0.39, 0.29) is 23.6 Å². The number of hydrogen-bond donors (Lipinski definition) is 1. The first-order valence-corrected chi connectivity index (χ1v) is 4.42. The number of nitrogens with zero attached hydrogens (tertiary/aromatic N) is 1. The summed E-state index contributed by atoms with van der Waals surface area (Å²) in [5.41, 5.74) is 0. The molecular formula is C10H20BrNO. The Bertz CT molecular complexity index is 138. The standard InChI is InChI=1S/C10H20NO.BrH/c1-4-7-11(6-3,8-5-2)9-10-12;/h4-5,12H,1-2,6-10H2,3H3;1H/q+1;/p-1. The second-order valence-electron chi connectivity index (χ2n) is 3.05. The van der Waals surface area contributed by atoms with Crippen LogP contribution >= 0.6 is 0 Å². The Morgan fingerprint density at radius 1 is 1.23 bits per heavy atom. The first-order chi connectivity index (χ1) is 5.74. The van der Waals surface area contributed by atoms with Crippen LogP contribution in [-0.2, 0) is 0 Å². The Hall–Kier alpha value is -0.120. The number of aliphatic hydroxyl groups is 1. The summed E-state index contributed by atoms with van der Waals surface area (Å²) >= 11 is 0. The summed E-state index contributed by atoms with van der Waals surface area (Å²) in [5.74, 6) is 0. The molecule has 0 aromatic rings. The van der Waals surface area contributed by atoms with Gasteiger partial charge in [0.15, 0.2) is 0 Å². The van der Waals surface area contributed by atoms with Gasteiger partial charge in [0.25, 0.3) is 0 Å². The van der Waals surface area contributed by atoms with Crippen LogP contribution in [0.15, 0.2) is 25.3 Å². The molecular weight excluding hydrogens is 230 g/mol. The van der Waals surface area contributed by atoms with E-state index in [0.717, 1.165) is 30.7 Å². The summed E-state index contributed by atoms with van der Waals surface area (Å²) in [7, 11) is 0. The highest BCUT2D eigenvalue weighted by molar-refractivity contribution is 4.71. The van der Waals surface area contributed by atoms with E-state index in [1.807, 2.05) is 12.2 Å². The molecule has 1 N–H and O–H groups in total. The molecule has 0 fully saturated rings. The van der Waals surface area contributed by atoms with Gasteiger partial charge in [-0.15, -0.1) is 0 Å². The van der Waals surface area contributed by atoms with Gasteiger partial charge in [-0.05, 0) is 19.1 Å². The zero-order valence-electron chi connectivity index (χ0n) is 8.38. The van der Waals surface area contributed by atoms with Gasteiger partial charge in [0.2, 0.25) is 0 Å². The lowest BCUT2D eigenvalue weighted by atomic mass is 10.3. The smallest absolute Gasteiger partial charge is 0.103 e. The molecule has 0 amide bonds. The molecule has 0 spiro atoms. The highest BCUT2D eigenvalue weighted by atomic mass is 79.9. The minimum atomic E-state index is 0. The highest BCUT2D eigenvalue weighted by Crippen LogP contribution is 2.05. The van der Waals surface area contributed by atoms with Crippen LogP contribution in [0.4, 0.5) is 0 Å². The quantitative estimate of drug-likeness (QED) is 0.417. The third-order valence-corrected chi connectivity index (χ3v) is 2.28. The fraction of sp³-hybridized carbons (Fsp3) is 0.600. The number of rotatable bonds is 7. The molecule has 0 aromatic carbocycles. The minimum Gasteiger partial charge on any atom is -1.00 e. The van der Waals surface area contributed by atoms with E-state index >= 15 is 0 Å². The number of quaternary nitrogens is 1. The molecule has 2 nitrogen and oxygen atoms in total. The molecule has 0 bridgehead atoms. The number of aliphatic hydroxyl groups excluding tert-OH is 1. The Morgan fingerprint density at radius 3 is 1.92 bits per heavy atom. The zero-order valence-corrected chi connectivity index (χ0v) is 9.96. The summed E-state index contributed by atoms with van der Waals surface area (Å²) in [6.07, 6.45) is 3.81. The van der Waals surface area contributed by atoms with E-state index in [9.17, 15) is 0 Å². The van der Waals surface area contributed by atoms with Crippen molar-refractivity contribution in [2.24, 2.45) is 0 Å². The summed E-state index contributed by atoms with van der Waals surface area (Å²) in [4.78, 5) is 0. The van der Waals surface area contributed by atoms with Crippen LogP contribution in [0, 0.1) is 0 Å². The lowest BCUT2D eigenvalue weighted by Crippen LogP contribution is -3.00. The maximum Gasteiger partial charge on any atom is 0.103 e. The summed E-state index contributed by atoms with van der Waals surface area (Å²) in [6.45, 7) is 13.4. The molecule has 0 saturated heterocycles. The molecule has 78 valence electrons. The van der Waals surface area contributed by atoms with E-state index < -0.39 is 0 Å². The molecule has 0 atom stereocenters. The van der Waals surface area contributed by atoms with Crippen LogP contribution in [0.5, 0.6) is 0 Å². The Balaban J connectivity index is 0. The largest absolute Gasteiger partial charge is 1.00 e. The molecule has 0 saturated carbocycles. The number of halogens is 1. The Labute approximate surface area is 91.9 Å². The van der Waals surface area contributed by atoms with Crippen LogP contribution < -0.4 is 17.0 Å². The van der Waals surface area contributed by atoms with Crippen LogP contribution in [0.1, 0.15) is 6.92 Å². The van der Waals surface area contributed by atoms with Crippen molar-refractivity contribution in [3.05, 3.63) is 25.3 Å². The van der Waals surface area contributed by atoms with Gasteiger partial charge in [0, 0.05) is 0 Å². The normalized spacial score (nSPS) is 10.3. The zero-order chi connectivity index (χ0) is 9.45. The number of hydrogen-bond acceptors (Lipinski definition) is 1. The average Bonchev–Trinajstić information content (AvgIpc) is 2.06. The molecule has 0 unspecified atom stereocenters. The van der Waals surface area contributed by atoms with Crippen LogP contribution in [0.25, 0.3) is 0 Å². The van der Waals surface area contributed by atoms with E-state index in [1.165, 1.54) is 0 Å². The van der Waals surface area contributed by atoms with Gasteiger partial charge in [0.05, 0.1) is 26.2 Å². The lowest BCUT2D eigenvalue weighted by molar-refractivity contribution is -0.915. The monoisotopic (exact) mass is 249 g/mol. The van der Waals surface area contributed by atoms with Gasteiger partial charge in [0.1, 0.15) is 6.54 Å². The van der Waals surface area contributed by atoms with Gasteiger partial charge in [-0.3, -0.25) is 0 Å². The topological polar surface area (TPSA) is 20.2 Å². The molecule has 0 aliphatic heterocycles. The molecule has 0 aliphatic rings. The molecule has 0 heterocycles. The SMILES string of the molecule is C=CC[N+](CC)(CC=C)CCO.[Br-]. The van der Waals surface area contributed by atoms with Crippen molar-refractivity contribution < 1.29 is 26.6 Å². The van der Waals surface area contributed by atoms with Crippen molar-refractivity contribution in [2.45, 2.75) is 6.92 Å². The van der Waals surface area contributed by atoms with Gasteiger partial charge in [-0.1, -0.05) is 13.2 Å². The van der Waals surface area contributed by atoms with Gasteiger partial charge in [-0.2, -0.15) is 0 Å². The number of likely N-dealkylation sites (N-methyl/N-ethyl adjacent to an activating group) is 1. The van der Waals surface area contributed by atoms with Gasteiger partial charge >= 0.3 is 0 Å². The summed E-state index contributed by atoms with van der Waals surface area (Å²) in [5, 5.41) is 8.90. The second-order valence-corrected chi connectivity index (χ2v) is 3.05. The highest BCUT2D eigenvalue weighted by Gasteiger charge is 2.20. The van der Waals surface area contributed by atoms with E-state index in [2.05, 4.69) is 20.1 Å². The van der Waals surface area contributed by atoms with Gasteiger partial charge < -0.3 is 26.6 Å². The van der Waals surface area contributed by atoms with Crippen molar-refractivity contribution in [3.8, 4) is 0 Å². The van der Waals surface area contributed by atoms with Crippen molar-refractivity contribution in [3.63, 3.8) is 0 Å². The van der Waals surface area contributed by atoms with Crippen molar-refractivity contribution >= 4 is 0 Å². The minimum absolute atomic E-state index is 0. The van der Waals surface area contributed by atoms with Crippen LogP contribution in [0.2, 0.25) is 0 Å². The maximum atomic E-state index is 8.90. The predicted octanol–water partition coefficient (Wildman–Crippen LogP) is -1.81. The molecule has 0 rings (SSSR count). The first kappa shape index (κ1) is 15.4. The fourth-order valence-electron chi connectivity index (χ4n) is 1.43. The van der Waals surface area contributed by atoms with E-state index in [1.54, 1.807) is 0 Å². The predicted molar refractivity (Wildman–Crippen MR) is 52.9 cm³/mol. The Morgan fingerprint density at radius 2 is 1.69 bits per heavy atom. The molecule has 0 aliphatic carbocycles. The molecule has 0 aromatic heterocycles. The Kier molecular flexibility index (Phi) is 10.0.